The van der Waals surface area contributed by atoms with Gasteiger partial charge in [-0.3, -0.25) is 0 Å². The van der Waals surface area contributed by atoms with E-state index in [0.717, 1.165) is 18.8 Å². The van der Waals surface area contributed by atoms with Crippen molar-refractivity contribution in [3.05, 3.63) is 6.33 Å². The van der Waals surface area contributed by atoms with Crippen LogP contribution in [0.2, 0.25) is 0 Å². The number of nitrogens with zero attached hydrogens (tertiary/aromatic N) is 3. The van der Waals surface area contributed by atoms with Crippen molar-refractivity contribution in [1.82, 2.24) is 9.97 Å². The lowest BCUT2D eigenvalue weighted by molar-refractivity contribution is 0.412. The number of ether oxygens (including phenoxy) is 1. The zero-order chi connectivity index (χ0) is 11.5. The number of methoxy groups -OCH3 is 1. The van der Waals surface area contributed by atoms with Crippen LogP contribution in [0, 0.1) is 0 Å². The predicted molar refractivity (Wildman–Crippen MR) is 63.7 cm³/mol. The molecule has 0 unspecified atom stereocenters. The van der Waals surface area contributed by atoms with E-state index >= 15 is 0 Å². The Labute approximate surface area is 95.6 Å². The Morgan fingerprint density at radius 2 is 2.25 bits per heavy atom. The molecule has 2 rings (SSSR count). The van der Waals surface area contributed by atoms with Crippen LogP contribution in [0.5, 0.6) is 5.75 Å². The molecule has 0 aromatic carbocycles. The number of hydrogen-bond donors (Lipinski definition) is 1. The molecule has 1 fully saturated rings. The van der Waals surface area contributed by atoms with Crippen LogP contribution in [0.4, 0.5) is 11.6 Å². The number of anilines is 2. The van der Waals surface area contributed by atoms with Crippen LogP contribution in [0.1, 0.15) is 26.2 Å². The number of nitrogens with two attached hydrogens (primary N) is 1. The second-order valence-corrected chi connectivity index (χ2v) is 4.04. The van der Waals surface area contributed by atoms with Crippen molar-refractivity contribution in [2.24, 2.45) is 0 Å². The number of aromatic nitrogens is 2. The first-order valence-corrected chi connectivity index (χ1v) is 5.69. The molecule has 2 N–H and O–H groups in total. The first-order chi connectivity index (χ1) is 7.77. The topological polar surface area (TPSA) is 64.3 Å². The lowest BCUT2D eigenvalue weighted by Gasteiger charge is -2.24. The minimum absolute atomic E-state index is 0.411. The van der Waals surface area contributed by atoms with Gasteiger partial charge in [-0.2, -0.15) is 0 Å². The zero-order valence-electron chi connectivity index (χ0n) is 9.81. The van der Waals surface area contributed by atoms with Crippen LogP contribution in [0.25, 0.3) is 0 Å². The van der Waals surface area contributed by atoms with Crippen LogP contribution < -0.4 is 15.4 Å². The highest BCUT2D eigenvalue weighted by molar-refractivity contribution is 5.63. The normalized spacial score (nSPS) is 14.9. The maximum Gasteiger partial charge on any atom is 0.204 e. The summed E-state index contributed by atoms with van der Waals surface area (Å²) in [4.78, 5) is 10.5. The summed E-state index contributed by atoms with van der Waals surface area (Å²) in [5, 5.41) is 0. The van der Waals surface area contributed by atoms with E-state index in [4.69, 9.17) is 10.5 Å². The van der Waals surface area contributed by atoms with E-state index in [1.165, 1.54) is 19.2 Å². The molecule has 0 saturated heterocycles. The summed E-state index contributed by atoms with van der Waals surface area (Å²) < 4.78 is 5.29. The third-order valence-corrected chi connectivity index (χ3v) is 2.74. The van der Waals surface area contributed by atoms with Gasteiger partial charge in [-0.1, -0.05) is 6.92 Å². The van der Waals surface area contributed by atoms with E-state index in [0.29, 0.717) is 17.6 Å². The van der Waals surface area contributed by atoms with Gasteiger partial charge in [-0.25, -0.2) is 9.97 Å². The average Bonchev–Trinajstić information content (AvgIpc) is 3.09. The van der Waals surface area contributed by atoms with Crippen molar-refractivity contribution in [2.75, 3.05) is 24.3 Å². The molecule has 0 aliphatic heterocycles. The Balaban J connectivity index is 2.32. The molecule has 88 valence electrons. The summed E-state index contributed by atoms with van der Waals surface area (Å²) in [6, 6.07) is 0.600. The lowest BCUT2D eigenvalue weighted by Crippen LogP contribution is -2.28. The van der Waals surface area contributed by atoms with Gasteiger partial charge in [0.25, 0.3) is 0 Å². The molecular weight excluding hydrogens is 204 g/mol. The Morgan fingerprint density at radius 3 is 2.81 bits per heavy atom. The highest BCUT2D eigenvalue weighted by atomic mass is 16.5. The van der Waals surface area contributed by atoms with Crippen molar-refractivity contribution in [3.8, 4) is 5.75 Å². The summed E-state index contributed by atoms with van der Waals surface area (Å²) in [5.74, 6) is 1.84. The Morgan fingerprint density at radius 1 is 1.50 bits per heavy atom. The smallest absolute Gasteiger partial charge is 0.204 e. The monoisotopic (exact) mass is 222 g/mol. The van der Waals surface area contributed by atoms with E-state index in [2.05, 4.69) is 21.8 Å². The Bertz CT molecular complexity index is 365. The van der Waals surface area contributed by atoms with Crippen LogP contribution in [0.3, 0.4) is 0 Å². The summed E-state index contributed by atoms with van der Waals surface area (Å²) >= 11 is 0. The second kappa shape index (κ2) is 4.55. The van der Waals surface area contributed by atoms with E-state index in [-0.39, 0.29) is 0 Å². The molecule has 0 atom stereocenters. The van der Waals surface area contributed by atoms with Gasteiger partial charge in [-0.15, -0.1) is 0 Å². The Kier molecular flexibility index (Phi) is 3.12. The van der Waals surface area contributed by atoms with E-state index in [1.54, 1.807) is 7.11 Å². The minimum atomic E-state index is 0.411. The molecule has 0 radical (unpaired) electrons. The SMILES string of the molecule is CCCN(c1ncnc(N)c1OC)C1CC1. The summed E-state index contributed by atoms with van der Waals surface area (Å²) in [7, 11) is 1.61. The molecule has 1 heterocycles. The molecule has 0 spiro atoms. The van der Waals surface area contributed by atoms with E-state index in [9.17, 15) is 0 Å². The molecule has 1 aromatic rings. The van der Waals surface area contributed by atoms with Gasteiger partial charge in [-0.05, 0) is 19.3 Å². The molecule has 5 nitrogen and oxygen atoms in total. The van der Waals surface area contributed by atoms with Crippen molar-refractivity contribution in [3.63, 3.8) is 0 Å². The van der Waals surface area contributed by atoms with Gasteiger partial charge in [0.2, 0.25) is 5.75 Å². The fourth-order valence-corrected chi connectivity index (χ4v) is 1.87. The van der Waals surface area contributed by atoms with Gasteiger partial charge >= 0.3 is 0 Å². The molecule has 1 aliphatic rings. The number of rotatable bonds is 5. The molecule has 0 bridgehead atoms. The standard InChI is InChI=1S/C11H18N4O/c1-3-6-15(8-4-5-8)11-9(16-2)10(12)13-7-14-11/h7-8H,3-6H2,1-2H3,(H2,12,13,14). The maximum atomic E-state index is 5.78. The van der Waals surface area contributed by atoms with Gasteiger partial charge in [0, 0.05) is 12.6 Å². The third kappa shape index (κ3) is 2.03. The molecule has 0 amide bonds. The van der Waals surface area contributed by atoms with Gasteiger partial charge < -0.3 is 15.4 Å². The fourth-order valence-electron chi connectivity index (χ4n) is 1.87. The Hall–Kier alpha value is -1.52. The molecule has 1 aromatic heterocycles. The van der Waals surface area contributed by atoms with Crippen LogP contribution >= 0.6 is 0 Å². The summed E-state index contributed by atoms with van der Waals surface area (Å²) in [6.45, 7) is 3.14. The van der Waals surface area contributed by atoms with E-state index in [1.807, 2.05) is 0 Å². The van der Waals surface area contributed by atoms with Crippen molar-refractivity contribution in [2.45, 2.75) is 32.2 Å². The molecule has 5 heteroatoms. The molecule has 1 saturated carbocycles. The second-order valence-electron chi connectivity index (χ2n) is 4.04. The largest absolute Gasteiger partial charge is 0.490 e. The quantitative estimate of drug-likeness (QED) is 0.816. The summed E-state index contributed by atoms with van der Waals surface area (Å²) in [6.07, 6.45) is 5.04. The fraction of sp³-hybridized carbons (Fsp3) is 0.636. The predicted octanol–water partition coefficient (Wildman–Crippen LogP) is 1.45. The maximum absolute atomic E-state index is 5.78. The molecule has 16 heavy (non-hydrogen) atoms. The van der Waals surface area contributed by atoms with Crippen LogP contribution in [-0.2, 0) is 0 Å². The summed E-state index contributed by atoms with van der Waals surface area (Å²) in [5.41, 5.74) is 5.78. The molecular formula is C11H18N4O. The van der Waals surface area contributed by atoms with Gasteiger partial charge in [0.05, 0.1) is 7.11 Å². The van der Waals surface area contributed by atoms with Gasteiger partial charge in [0.15, 0.2) is 11.6 Å². The average molecular weight is 222 g/mol. The van der Waals surface area contributed by atoms with Crippen LogP contribution in [0.15, 0.2) is 6.33 Å². The zero-order valence-corrected chi connectivity index (χ0v) is 9.81. The highest BCUT2D eigenvalue weighted by Gasteiger charge is 2.31. The van der Waals surface area contributed by atoms with E-state index < -0.39 is 0 Å². The highest BCUT2D eigenvalue weighted by Crippen LogP contribution is 2.37. The molecule has 1 aliphatic carbocycles. The number of hydrogen-bond acceptors (Lipinski definition) is 5. The minimum Gasteiger partial charge on any atom is -0.490 e. The first kappa shape index (κ1) is 11.0. The van der Waals surface area contributed by atoms with Crippen LogP contribution in [-0.4, -0.2) is 29.7 Å². The lowest BCUT2D eigenvalue weighted by atomic mass is 10.3. The van der Waals surface area contributed by atoms with Crippen molar-refractivity contribution < 1.29 is 4.74 Å². The first-order valence-electron chi connectivity index (χ1n) is 5.69. The van der Waals surface area contributed by atoms with Crippen molar-refractivity contribution >= 4 is 11.6 Å². The van der Waals surface area contributed by atoms with Crippen molar-refractivity contribution in [1.29, 1.82) is 0 Å². The van der Waals surface area contributed by atoms with Gasteiger partial charge in [0.1, 0.15) is 6.33 Å². The number of nitrogen functional groups attached to an aromatic ring is 1. The third-order valence-electron chi connectivity index (χ3n) is 2.74.